The third-order valence-corrected chi connectivity index (χ3v) is 3.64. The standard InChI is InChI=1S/C20H16N2O4/c21-18-12-13(6-11-17(18)20(24)25)19(23)22-14-7-9-16(10-8-14)26-15-4-2-1-3-5-15/h1-12H,21H2,(H,22,23)(H,24,25). The molecule has 0 radical (unpaired) electrons. The Bertz CT molecular complexity index is 938. The SMILES string of the molecule is Nc1cc(C(=O)Nc2ccc(Oc3ccccc3)cc2)ccc1C(=O)O. The second-order valence-electron chi connectivity index (χ2n) is 5.50. The van der Waals surface area contributed by atoms with Gasteiger partial charge in [0.25, 0.3) is 5.91 Å². The van der Waals surface area contributed by atoms with Crippen molar-refractivity contribution in [3.05, 3.63) is 83.9 Å². The zero-order chi connectivity index (χ0) is 18.5. The van der Waals surface area contributed by atoms with E-state index in [1.54, 1.807) is 24.3 Å². The second-order valence-corrected chi connectivity index (χ2v) is 5.50. The summed E-state index contributed by atoms with van der Waals surface area (Å²) in [5.74, 6) is -0.156. The van der Waals surface area contributed by atoms with Crippen molar-refractivity contribution >= 4 is 23.3 Å². The number of aromatic carboxylic acids is 1. The number of carboxylic acid groups (broad SMARTS) is 1. The maximum atomic E-state index is 12.3. The highest BCUT2D eigenvalue weighted by atomic mass is 16.5. The first-order chi connectivity index (χ1) is 12.5. The average molecular weight is 348 g/mol. The minimum Gasteiger partial charge on any atom is -0.478 e. The number of amides is 1. The van der Waals surface area contributed by atoms with Crippen molar-refractivity contribution in [2.24, 2.45) is 0 Å². The van der Waals surface area contributed by atoms with E-state index in [-0.39, 0.29) is 22.7 Å². The molecular weight excluding hydrogens is 332 g/mol. The molecule has 0 atom stereocenters. The monoisotopic (exact) mass is 348 g/mol. The number of para-hydroxylation sites is 1. The molecule has 1 amide bonds. The van der Waals surface area contributed by atoms with Crippen molar-refractivity contribution in [1.82, 2.24) is 0 Å². The molecule has 6 heteroatoms. The molecule has 130 valence electrons. The fourth-order valence-electron chi connectivity index (χ4n) is 2.33. The molecule has 0 heterocycles. The lowest BCUT2D eigenvalue weighted by Crippen LogP contribution is -2.13. The van der Waals surface area contributed by atoms with Gasteiger partial charge >= 0.3 is 5.97 Å². The molecule has 3 aromatic rings. The Morgan fingerprint density at radius 2 is 1.54 bits per heavy atom. The van der Waals surface area contributed by atoms with Gasteiger partial charge in [0.15, 0.2) is 0 Å². The number of ether oxygens (including phenoxy) is 1. The van der Waals surface area contributed by atoms with Crippen LogP contribution in [0.15, 0.2) is 72.8 Å². The van der Waals surface area contributed by atoms with Gasteiger partial charge in [0.2, 0.25) is 0 Å². The summed E-state index contributed by atoms with van der Waals surface area (Å²) in [5.41, 5.74) is 6.52. The molecule has 0 aliphatic carbocycles. The fraction of sp³-hybridized carbons (Fsp3) is 0. The first kappa shape index (κ1) is 17.0. The van der Waals surface area contributed by atoms with Crippen molar-refractivity contribution in [2.75, 3.05) is 11.1 Å². The molecule has 0 aromatic heterocycles. The van der Waals surface area contributed by atoms with Gasteiger partial charge in [-0.05, 0) is 54.6 Å². The second kappa shape index (κ2) is 7.40. The molecule has 4 N–H and O–H groups in total. The predicted octanol–water partition coefficient (Wildman–Crippen LogP) is 4.01. The summed E-state index contributed by atoms with van der Waals surface area (Å²) in [4.78, 5) is 23.2. The maximum absolute atomic E-state index is 12.3. The lowest BCUT2D eigenvalue weighted by Gasteiger charge is -2.09. The van der Waals surface area contributed by atoms with E-state index >= 15 is 0 Å². The van der Waals surface area contributed by atoms with Crippen LogP contribution in [0.2, 0.25) is 0 Å². The van der Waals surface area contributed by atoms with E-state index in [0.29, 0.717) is 11.4 Å². The normalized spacial score (nSPS) is 10.2. The van der Waals surface area contributed by atoms with Gasteiger partial charge in [0, 0.05) is 16.9 Å². The Balaban J connectivity index is 1.68. The largest absolute Gasteiger partial charge is 0.478 e. The summed E-state index contributed by atoms with van der Waals surface area (Å²) in [6.07, 6.45) is 0. The van der Waals surface area contributed by atoms with Crippen molar-refractivity contribution in [3.63, 3.8) is 0 Å². The molecule has 3 rings (SSSR count). The Morgan fingerprint density at radius 1 is 0.885 bits per heavy atom. The maximum Gasteiger partial charge on any atom is 0.337 e. The van der Waals surface area contributed by atoms with Crippen molar-refractivity contribution in [2.45, 2.75) is 0 Å². The van der Waals surface area contributed by atoms with E-state index in [1.807, 2.05) is 30.3 Å². The number of anilines is 2. The van der Waals surface area contributed by atoms with E-state index in [9.17, 15) is 9.59 Å². The summed E-state index contributed by atoms with van der Waals surface area (Å²) in [5, 5.41) is 11.7. The van der Waals surface area contributed by atoms with Crippen LogP contribution in [0.25, 0.3) is 0 Å². The number of carbonyl (C=O) groups excluding carboxylic acids is 1. The highest BCUT2D eigenvalue weighted by Crippen LogP contribution is 2.23. The van der Waals surface area contributed by atoms with Crippen LogP contribution < -0.4 is 15.8 Å². The van der Waals surface area contributed by atoms with Crippen molar-refractivity contribution < 1.29 is 19.4 Å². The molecule has 6 nitrogen and oxygen atoms in total. The van der Waals surface area contributed by atoms with Crippen LogP contribution in [0, 0.1) is 0 Å². The zero-order valence-electron chi connectivity index (χ0n) is 13.7. The Hall–Kier alpha value is -3.80. The Labute approximate surface area is 149 Å². The van der Waals surface area contributed by atoms with Gasteiger partial charge in [0.1, 0.15) is 11.5 Å². The van der Waals surface area contributed by atoms with Gasteiger partial charge in [-0.3, -0.25) is 4.79 Å². The highest BCUT2D eigenvalue weighted by molar-refractivity contribution is 6.06. The molecule has 0 spiro atoms. The van der Waals surface area contributed by atoms with Crippen LogP contribution >= 0.6 is 0 Å². The third kappa shape index (κ3) is 3.99. The fourth-order valence-corrected chi connectivity index (χ4v) is 2.33. The van der Waals surface area contributed by atoms with E-state index in [0.717, 1.165) is 5.75 Å². The number of hydrogen-bond acceptors (Lipinski definition) is 4. The molecule has 0 bridgehead atoms. The van der Waals surface area contributed by atoms with Crippen LogP contribution in [-0.4, -0.2) is 17.0 Å². The van der Waals surface area contributed by atoms with Crippen LogP contribution in [0.3, 0.4) is 0 Å². The lowest BCUT2D eigenvalue weighted by molar-refractivity contribution is 0.0697. The summed E-state index contributed by atoms with van der Waals surface area (Å²) in [6, 6.07) is 20.3. The number of benzene rings is 3. The molecule has 0 saturated carbocycles. The smallest absolute Gasteiger partial charge is 0.337 e. The zero-order valence-corrected chi connectivity index (χ0v) is 13.7. The molecule has 0 saturated heterocycles. The first-order valence-corrected chi connectivity index (χ1v) is 7.80. The van der Waals surface area contributed by atoms with Gasteiger partial charge in [-0.1, -0.05) is 18.2 Å². The number of nitrogens with two attached hydrogens (primary N) is 1. The topological polar surface area (TPSA) is 102 Å². The van der Waals surface area contributed by atoms with E-state index < -0.39 is 5.97 Å². The van der Waals surface area contributed by atoms with Crippen molar-refractivity contribution in [1.29, 1.82) is 0 Å². The highest BCUT2D eigenvalue weighted by Gasteiger charge is 2.12. The molecule has 0 aliphatic heterocycles. The first-order valence-electron chi connectivity index (χ1n) is 7.80. The third-order valence-electron chi connectivity index (χ3n) is 3.64. The molecule has 26 heavy (non-hydrogen) atoms. The number of rotatable bonds is 5. The average Bonchev–Trinajstić information content (AvgIpc) is 2.64. The minimum absolute atomic E-state index is 0.0380. The number of nitrogen functional groups attached to an aromatic ring is 1. The van der Waals surface area contributed by atoms with E-state index in [1.165, 1.54) is 18.2 Å². The summed E-state index contributed by atoms with van der Waals surface area (Å²) >= 11 is 0. The molecule has 0 fully saturated rings. The van der Waals surface area contributed by atoms with Crippen LogP contribution in [0.1, 0.15) is 20.7 Å². The number of carboxylic acids is 1. The number of nitrogens with one attached hydrogen (secondary N) is 1. The van der Waals surface area contributed by atoms with Gasteiger partial charge in [-0.15, -0.1) is 0 Å². The van der Waals surface area contributed by atoms with Crippen molar-refractivity contribution in [3.8, 4) is 11.5 Å². The molecule has 3 aromatic carbocycles. The minimum atomic E-state index is -1.14. The summed E-state index contributed by atoms with van der Waals surface area (Å²) in [7, 11) is 0. The lowest BCUT2D eigenvalue weighted by atomic mass is 10.1. The molecule has 0 aliphatic rings. The van der Waals surface area contributed by atoms with Gasteiger partial charge in [0.05, 0.1) is 5.56 Å². The molecular formula is C20H16N2O4. The van der Waals surface area contributed by atoms with Gasteiger partial charge in [-0.2, -0.15) is 0 Å². The summed E-state index contributed by atoms with van der Waals surface area (Å²) in [6.45, 7) is 0. The summed E-state index contributed by atoms with van der Waals surface area (Å²) < 4.78 is 5.69. The Morgan fingerprint density at radius 3 is 2.15 bits per heavy atom. The van der Waals surface area contributed by atoms with Crippen LogP contribution in [0.5, 0.6) is 11.5 Å². The predicted molar refractivity (Wildman–Crippen MR) is 98.7 cm³/mol. The van der Waals surface area contributed by atoms with Crippen LogP contribution in [-0.2, 0) is 0 Å². The number of hydrogen-bond donors (Lipinski definition) is 3. The van der Waals surface area contributed by atoms with Gasteiger partial charge < -0.3 is 20.9 Å². The van der Waals surface area contributed by atoms with Gasteiger partial charge in [-0.25, -0.2) is 4.79 Å². The Kier molecular flexibility index (Phi) is 4.85. The molecule has 0 unspecified atom stereocenters. The number of carbonyl (C=O) groups is 2. The quantitative estimate of drug-likeness (QED) is 0.605. The van der Waals surface area contributed by atoms with Crippen LogP contribution in [0.4, 0.5) is 11.4 Å². The van der Waals surface area contributed by atoms with E-state index in [2.05, 4.69) is 5.32 Å². The van der Waals surface area contributed by atoms with E-state index in [4.69, 9.17) is 15.6 Å².